The number of hydrogen-bond acceptors (Lipinski definition) is 3. The van der Waals surface area contributed by atoms with Crippen LogP contribution in [-0.2, 0) is 21.3 Å². The topological polar surface area (TPSA) is 67.8 Å². The van der Waals surface area contributed by atoms with Crippen molar-refractivity contribution in [2.75, 3.05) is 19.8 Å². The van der Waals surface area contributed by atoms with Crippen molar-refractivity contribution in [1.82, 2.24) is 5.32 Å². The van der Waals surface area contributed by atoms with E-state index in [0.29, 0.717) is 26.2 Å². The van der Waals surface area contributed by atoms with Crippen LogP contribution < -0.4 is 5.32 Å². The van der Waals surface area contributed by atoms with Crippen LogP contribution in [0.2, 0.25) is 0 Å². The van der Waals surface area contributed by atoms with E-state index < -0.39 is 6.09 Å². The monoisotopic (exact) mass is 291 g/mol. The van der Waals surface area contributed by atoms with Gasteiger partial charge in [-0.2, -0.15) is 0 Å². The van der Waals surface area contributed by atoms with E-state index in [1.54, 1.807) is 0 Å². The van der Waals surface area contributed by atoms with Crippen LogP contribution in [0.25, 0.3) is 0 Å². The molecule has 3 rings (SSSR count). The Hall–Kier alpha value is -1.59. The van der Waals surface area contributed by atoms with Crippen LogP contribution in [-0.4, -0.2) is 37.2 Å². The van der Waals surface area contributed by atoms with Crippen LogP contribution in [0.1, 0.15) is 30.4 Å². The quantitative estimate of drug-likeness (QED) is 0.893. The lowest BCUT2D eigenvalue weighted by Crippen LogP contribution is -2.45. The molecule has 1 fully saturated rings. The van der Waals surface area contributed by atoms with Crippen molar-refractivity contribution < 1.29 is 19.4 Å². The molecule has 1 unspecified atom stereocenters. The third-order valence-electron chi connectivity index (χ3n) is 4.52. The first-order chi connectivity index (χ1) is 10.2. The molecular weight excluding hydrogens is 270 g/mol. The maximum atomic E-state index is 11.0. The zero-order chi connectivity index (χ0) is 14.7. The number of aryl methyl sites for hydroxylation is 1. The summed E-state index contributed by atoms with van der Waals surface area (Å²) in [7, 11) is 0. The molecule has 1 aliphatic carbocycles. The van der Waals surface area contributed by atoms with E-state index in [1.807, 2.05) is 12.1 Å². The second kappa shape index (κ2) is 6.03. The molecule has 1 aliphatic heterocycles. The van der Waals surface area contributed by atoms with Gasteiger partial charge >= 0.3 is 6.09 Å². The summed E-state index contributed by atoms with van der Waals surface area (Å²) in [5, 5.41) is 11.6. The van der Waals surface area contributed by atoms with Gasteiger partial charge in [0.15, 0.2) is 6.29 Å². The van der Waals surface area contributed by atoms with E-state index in [4.69, 9.17) is 14.6 Å². The summed E-state index contributed by atoms with van der Waals surface area (Å²) in [5.41, 5.74) is 2.32. The van der Waals surface area contributed by atoms with Gasteiger partial charge in [0.05, 0.1) is 13.2 Å². The molecule has 1 aromatic rings. The Morgan fingerprint density at radius 1 is 1.33 bits per heavy atom. The third-order valence-corrected chi connectivity index (χ3v) is 4.52. The Labute approximate surface area is 124 Å². The van der Waals surface area contributed by atoms with Gasteiger partial charge < -0.3 is 19.9 Å². The number of amides is 1. The molecule has 5 nitrogen and oxygen atoms in total. The number of carboxylic acid groups (broad SMARTS) is 1. The van der Waals surface area contributed by atoms with Gasteiger partial charge in [-0.25, -0.2) is 4.79 Å². The Morgan fingerprint density at radius 3 is 2.86 bits per heavy atom. The van der Waals surface area contributed by atoms with Crippen LogP contribution in [0.4, 0.5) is 4.79 Å². The summed E-state index contributed by atoms with van der Waals surface area (Å²) in [5.74, 6) is 0. The molecular formula is C16H21NO4. The van der Waals surface area contributed by atoms with Gasteiger partial charge in [-0.05, 0) is 30.4 Å². The molecule has 1 aromatic carbocycles. The molecule has 1 saturated heterocycles. The van der Waals surface area contributed by atoms with Gasteiger partial charge in [0.25, 0.3) is 0 Å². The summed E-state index contributed by atoms with van der Waals surface area (Å²) >= 11 is 0. The van der Waals surface area contributed by atoms with Crippen molar-refractivity contribution in [3.05, 3.63) is 35.4 Å². The van der Waals surface area contributed by atoms with Crippen molar-refractivity contribution in [3.8, 4) is 0 Å². The predicted molar refractivity (Wildman–Crippen MR) is 77.4 cm³/mol. The van der Waals surface area contributed by atoms with E-state index in [9.17, 15) is 4.79 Å². The number of ether oxygens (including phenoxy) is 2. The molecule has 0 aromatic heterocycles. The fourth-order valence-electron chi connectivity index (χ4n) is 3.56. The summed E-state index contributed by atoms with van der Waals surface area (Å²) in [6, 6.07) is 8.32. The molecule has 2 aliphatic rings. The van der Waals surface area contributed by atoms with Crippen LogP contribution in [0.5, 0.6) is 0 Å². The Morgan fingerprint density at radius 2 is 2.10 bits per heavy atom. The first kappa shape index (κ1) is 14.4. The highest BCUT2D eigenvalue weighted by Gasteiger charge is 2.40. The summed E-state index contributed by atoms with van der Waals surface area (Å²) in [4.78, 5) is 11.0. The van der Waals surface area contributed by atoms with Crippen LogP contribution in [0, 0.1) is 0 Å². The van der Waals surface area contributed by atoms with Gasteiger partial charge in [0.2, 0.25) is 0 Å². The lowest BCUT2D eigenvalue weighted by atomic mass is 9.67. The van der Waals surface area contributed by atoms with Crippen molar-refractivity contribution in [2.24, 2.45) is 0 Å². The smallest absolute Gasteiger partial charge is 0.404 e. The maximum absolute atomic E-state index is 11.0. The van der Waals surface area contributed by atoms with Crippen molar-refractivity contribution >= 4 is 6.09 Å². The normalized spacial score (nSPS) is 25.5. The summed E-state index contributed by atoms with van der Waals surface area (Å²) in [6.07, 6.45) is 2.55. The lowest BCUT2D eigenvalue weighted by molar-refractivity contribution is -0.0632. The minimum absolute atomic E-state index is 0.230. The number of hydrogen-bond donors (Lipinski definition) is 2. The molecule has 114 valence electrons. The Balaban J connectivity index is 1.90. The highest BCUT2D eigenvalue weighted by molar-refractivity contribution is 5.64. The number of benzene rings is 1. The van der Waals surface area contributed by atoms with E-state index in [0.717, 1.165) is 19.3 Å². The van der Waals surface area contributed by atoms with Crippen LogP contribution in [0.3, 0.4) is 0 Å². The SMILES string of the molecule is O=C(O)NCC1(CC2OCCO2)CCCc2ccccc21. The predicted octanol–water partition coefficient (Wildman–Crippen LogP) is 2.29. The molecule has 0 saturated carbocycles. The summed E-state index contributed by atoms with van der Waals surface area (Å²) < 4.78 is 11.2. The number of fused-ring (bicyclic) bond motifs is 1. The molecule has 21 heavy (non-hydrogen) atoms. The van der Waals surface area contributed by atoms with E-state index in [-0.39, 0.29) is 11.7 Å². The molecule has 5 heteroatoms. The largest absolute Gasteiger partial charge is 0.465 e. The summed E-state index contributed by atoms with van der Waals surface area (Å²) in [6.45, 7) is 1.64. The Bertz CT molecular complexity index is 513. The van der Waals surface area contributed by atoms with Crippen molar-refractivity contribution in [3.63, 3.8) is 0 Å². The molecule has 2 N–H and O–H groups in total. The molecule has 1 atom stereocenters. The highest BCUT2D eigenvalue weighted by Crippen LogP contribution is 2.41. The maximum Gasteiger partial charge on any atom is 0.404 e. The fraction of sp³-hybridized carbons (Fsp3) is 0.562. The second-order valence-corrected chi connectivity index (χ2v) is 5.83. The third kappa shape index (κ3) is 3.04. The standard InChI is InChI=1S/C16H21NO4/c18-15(19)17-11-16(10-14-20-8-9-21-14)7-3-5-12-4-1-2-6-13(12)16/h1-2,4,6,14,17H,3,5,7-11H2,(H,18,19). The Kier molecular flexibility index (Phi) is 4.12. The average molecular weight is 291 g/mol. The van der Waals surface area contributed by atoms with Gasteiger partial charge in [-0.1, -0.05) is 24.3 Å². The van der Waals surface area contributed by atoms with Gasteiger partial charge in [0.1, 0.15) is 0 Å². The number of carbonyl (C=O) groups is 1. The molecule has 0 bridgehead atoms. The minimum atomic E-state index is -0.981. The lowest BCUT2D eigenvalue weighted by Gasteiger charge is -2.40. The van der Waals surface area contributed by atoms with E-state index in [1.165, 1.54) is 11.1 Å². The first-order valence-corrected chi connectivity index (χ1v) is 7.48. The van der Waals surface area contributed by atoms with Gasteiger partial charge in [-0.15, -0.1) is 0 Å². The number of rotatable bonds is 4. The van der Waals surface area contributed by atoms with Gasteiger partial charge in [-0.3, -0.25) is 0 Å². The van der Waals surface area contributed by atoms with Crippen molar-refractivity contribution in [2.45, 2.75) is 37.4 Å². The number of nitrogens with one attached hydrogen (secondary N) is 1. The highest BCUT2D eigenvalue weighted by atomic mass is 16.7. The van der Waals surface area contributed by atoms with Crippen LogP contribution >= 0.6 is 0 Å². The molecule has 0 radical (unpaired) electrons. The van der Waals surface area contributed by atoms with Gasteiger partial charge in [0, 0.05) is 18.4 Å². The molecule has 1 amide bonds. The average Bonchev–Trinajstić information content (AvgIpc) is 2.98. The minimum Gasteiger partial charge on any atom is -0.465 e. The zero-order valence-corrected chi connectivity index (χ0v) is 12.0. The van der Waals surface area contributed by atoms with Crippen molar-refractivity contribution in [1.29, 1.82) is 0 Å². The molecule has 0 spiro atoms. The zero-order valence-electron chi connectivity index (χ0n) is 12.0. The van der Waals surface area contributed by atoms with E-state index >= 15 is 0 Å². The van der Waals surface area contributed by atoms with Crippen LogP contribution in [0.15, 0.2) is 24.3 Å². The second-order valence-electron chi connectivity index (χ2n) is 5.83. The fourth-order valence-corrected chi connectivity index (χ4v) is 3.56. The first-order valence-electron chi connectivity index (χ1n) is 7.48. The molecule has 1 heterocycles. The van der Waals surface area contributed by atoms with E-state index in [2.05, 4.69) is 17.4 Å².